The molecule has 2 aromatic rings. The summed E-state index contributed by atoms with van der Waals surface area (Å²) < 4.78 is 7.60. The van der Waals surface area contributed by atoms with E-state index in [2.05, 4.69) is 10.00 Å². The van der Waals surface area contributed by atoms with Crippen LogP contribution in [0.1, 0.15) is 5.56 Å². The molecule has 20 heavy (non-hydrogen) atoms. The Morgan fingerprint density at radius 2 is 2.10 bits per heavy atom. The molecule has 1 aromatic heterocycles. The van der Waals surface area contributed by atoms with E-state index >= 15 is 0 Å². The fourth-order valence-electron chi connectivity index (χ4n) is 2.31. The van der Waals surface area contributed by atoms with Gasteiger partial charge in [-0.25, -0.2) is 0 Å². The van der Waals surface area contributed by atoms with E-state index in [1.165, 1.54) is 0 Å². The van der Waals surface area contributed by atoms with E-state index in [1.807, 2.05) is 29.1 Å². The van der Waals surface area contributed by atoms with Crippen molar-refractivity contribution < 1.29 is 4.74 Å². The molecule has 6 heteroatoms. The minimum absolute atomic E-state index is 0.668. The maximum absolute atomic E-state index is 6.05. The second kappa shape index (κ2) is 6.04. The molecule has 3 rings (SSSR count). The van der Waals surface area contributed by atoms with Crippen molar-refractivity contribution in [2.45, 2.75) is 13.1 Å². The summed E-state index contributed by atoms with van der Waals surface area (Å²) >= 11 is 11.9. The van der Waals surface area contributed by atoms with Crippen molar-refractivity contribution in [3.63, 3.8) is 0 Å². The van der Waals surface area contributed by atoms with Crippen LogP contribution in [0.2, 0.25) is 10.0 Å². The zero-order valence-electron chi connectivity index (χ0n) is 10.9. The van der Waals surface area contributed by atoms with Crippen LogP contribution < -0.4 is 4.74 Å². The molecule has 1 aliphatic rings. The van der Waals surface area contributed by atoms with E-state index in [0.717, 1.165) is 42.5 Å². The van der Waals surface area contributed by atoms with E-state index in [9.17, 15) is 0 Å². The molecule has 0 fully saturated rings. The molecule has 2 heterocycles. The first kappa shape index (κ1) is 13.7. The predicted octanol–water partition coefficient (Wildman–Crippen LogP) is 3.08. The Bertz CT molecular complexity index is 600. The Labute approximate surface area is 127 Å². The van der Waals surface area contributed by atoms with Crippen LogP contribution in [-0.2, 0) is 13.1 Å². The van der Waals surface area contributed by atoms with Crippen molar-refractivity contribution >= 4 is 23.2 Å². The topological polar surface area (TPSA) is 30.3 Å². The summed E-state index contributed by atoms with van der Waals surface area (Å²) in [7, 11) is 0. The number of fused-ring (bicyclic) bond motifs is 1. The van der Waals surface area contributed by atoms with Crippen LogP contribution in [0, 0.1) is 0 Å². The number of benzene rings is 1. The largest absolute Gasteiger partial charge is 0.492 e. The third-order valence-corrected chi connectivity index (χ3v) is 3.76. The van der Waals surface area contributed by atoms with Gasteiger partial charge in [-0.1, -0.05) is 23.2 Å². The van der Waals surface area contributed by atoms with Gasteiger partial charge >= 0.3 is 0 Å². The number of nitrogens with zero attached hydrogens (tertiary/aromatic N) is 3. The van der Waals surface area contributed by atoms with Gasteiger partial charge in [-0.05, 0) is 18.2 Å². The summed E-state index contributed by atoms with van der Waals surface area (Å²) in [5.74, 6) is 0.930. The zero-order valence-corrected chi connectivity index (χ0v) is 12.4. The van der Waals surface area contributed by atoms with E-state index in [4.69, 9.17) is 27.9 Å². The Balaban J connectivity index is 1.66. The highest BCUT2D eigenvalue weighted by molar-refractivity contribution is 6.30. The maximum Gasteiger partial charge on any atom is 0.123 e. The predicted molar refractivity (Wildman–Crippen MR) is 79.5 cm³/mol. The molecule has 1 aliphatic heterocycles. The first-order valence-corrected chi connectivity index (χ1v) is 7.28. The number of hydrogen-bond donors (Lipinski definition) is 0. The smallest absolute Gasteiger partial charge is 0.123 e. The number of hydrogen-bond acceptors (Lipinski definition) is 3. The van der Waals surface area contributed by atoms with Gasteiger partial charge in [-0.15, -0.1) is 0 Å². The van der Waals surface area contributed by atoms with Crippen LogP contribution in [0.3, 0.4) is 0 Å². The normalized spacial score (nSPS) is 15.5. The number of rotatable bonds is 3. The van der Waals surface area contributed by atoms with Crippen molar-refractivity contribution in [3.8, 4) is 5.75 Å². The maximum atomic E-state index is 6.05. The van der Waals surface area contributed by atoms with E-state index in [0.29, 0.717) is 11.6 Å². The molecular formula is C14H15Cl2N3O. The van der Waals surface area contributed by atoms with Crippen molar-refractivity contribution in [2.24, 2.45) is 0 Å². The molecule has 0 atom stereocenters. The average molecular weight is 312 g/mol. The van der Waals surface area contributed by atoms with Crippen molar-refractivity contribution in [1.82, 2.24) is 14.7 Å². The highest BCUT2D eigenvalue weighted by Crippen LogP contribution is 2.26. The summed E-state index contributed by atoms with van der Waals surface area (Å²) in [6.07, 6.45) is 3.49. The van der Waals surface area contributed by atoms with Crippen LogP contribution in [0.25, 0.3) is 0 Å². The van der Waals surface area contributed by atoms with Gasteiger partial charge in [0.15, 0.2) is 0 Å². The molecule has 1 aromatic carbocycles. The van der Waals surface area contributed by atoms with E-state index < -0.39 is 0 Å². The Hall–Kier alpha value is -1.23. The fraction of sp³-hybridized carbons (Fsp3) is 0.357. The number of aromatic nitrogens is 2. The molecule has 0 saturated carbocycles. The summed E-state index contributed by atoms with van der Waals surface area (Å²) in [4.78, 5) is 2.33. The van der Waals surface area contributed by atoms with Crippen molar-refractivity contribution in [2.75, 3.05) is 19.7 Å². The third-order valence-electron chi connectivity index (χ3n) is 3.33. The minimum atomic E-state index is 0.668. The quantitative estimate of drug-likeness (QED) is 0.872. The molecular weight excluding hydrogens is 297 g/mol. The van der Waals surface area contributed by atoms with Gasteiger partial charge in [-0.3, -0.25) is 9.58 Å². The SMILES string of the molecule is Clc1ccc2c(c1)CN(CCn1cc(Cl)cn1)CCO2. The molecule has 0 saturated heterocycles. The molecule has 0 bridgehead atoms. The standard InChI is InChI=1S/C14H15Cl2N3O/c15-12-1-2-14-11(7-12)9-18(5-6-20-14)3-4-19-10-13(16)8-17-19/h1-2,7-8,10H,3-6,9H2. The molecule has 106 valence electrons. The summed E-state index contributed by atoms with van der Waals surface area (Å²) in [5.41, 5.74) is 1.13. The second-order valence-corrected chi connectivity index (χ2v) is 5.67. The van der Waals surface area contributed by atoms with Gasteiger partial charge in [0.1, 0.15) is 12.4 Å². The van der Waals surface area contributed by atoms with Crippen LogP contribution in [0.15, 0.2) is 30.6 Å². The summed E-state index contributed by atoms with van der Waals surface area (Å²) in [6.45, 7) is 4.12. The highest BCUT2D eigenvalue weighted by Gasteiger charge is 2.15. The lowest BCUT2D eigenvalue weighted by molar-refractivity contribution is 0.217. The van der Waals surface area contributed by atoms with E-state index in [-0.39, 0.29) is 0 Å². The van der Waals surface area contributed by atoms with Gasteiger partial charge in [0.2, 0.25) is 0 Å². The van der Waals surface area contributed by atoms with Gasteiger partial charge < -0.3 is 4.74 Å². The number of ether oxygens (including phenoxy) is 1. The molecule has 4 nitrogen and oxygen atoms in total. The second-order valence-electron chi connectivity index (χ2n) is 4.80. The molecule has 0 spiro atoms. The van der Waals surface area contributed by atoms with Crippen molar-refractivity contribution in [3.05, 3.63) is 46.2 Å². The van der Waals surface area contributed by atoms with Gasteiger partial charge in [-0.2, -0.15) is 5.10 Å². The first-order chi connectivity index (χ1) is 9.70. The zero-order chi connectivity index (χ0) is 13.9. The Morgan fingerprint density at radius 1 is 1.20 bits per heavy atom. The Morgan fingerprint density at radius 3 is 2.90 bits per heavy atom. The van der Waals surface area contributed by atoms with Crippen LogP contribution in [-0.4, -0.2) is 34.4 Å². The summed E-state index contributed by atoms with van der Waals surface area (Å²) in [5, 5.41) is 5.60. The first-order valence-electron chi connectivity index (χ1n) is 6.52. The van der Waals surface area contributed by atoms with E-state index in [1.54, 1.807) is 6.20 Å². The molecule has 0 unspecified atom stereocenters. The lowest BCUT2D eigenvalue weighted by atomic mass is 10.2. The fourth-order valence-corrected chi connectivity index (χ4v) is 2.66. The van der Waals surface area contributed by atoms with Gasteiger partial charge in [0.05, 0.1) is 17.8 Å². The monoisotopic (exact) mass is 311 g/mol. The van der Waals surface area contributed by atoms with Crippen LogP contribution in [0.4, 0.5) is 0 Å². The lowest BCUT2D eigenvalue weighted by Crippen LogP contribution is -2.29. The van der Waals surface area contributed by atoms with Gasteiger partial charge in [0.25, 0.3) is 0 Å². The molecule has 0 amide bonds. The molecule has 0 aliphatic carbocycles. The highest BCUT2D eigenvalue weighted by atomic mass is 35.5. The third kappa shape index (κ3) is 3.26. The molecule has 0 radical (unpaired) electrons. The van der Waals surface area contributed by atoms with Crippen LogP contribution in [0.5, 0.6) is 5.75 Å². The minimum Gasteiger partial charge on any atom is -0.492 e. The summed E-state index contributed by atoms with van der Waals surface area (Å²) in [6, 6.07) is 5.77. The number of halogens is 2. The van der Waals surface area contributed by atoms with Gasteiger partial charge in [0, 0.05) is 36.4 Å². The lowest BCUT2D eigenvalue weighted by Gasteiger charge is -2.19. The Kier molecular flexibility index (Phi) is 4.15. The molecule has 0 N–H and O–H groups in total. The van der Waals surface area contributed by atoms with Crippen molar-refractivity contribution in [1.29, 1.82) is 0 Å². The average Bonchev–Trinajstić information content (AvgIpc) is 2.73. The van der Waals surface area contributed by atoms with Crippen LogP contribution >= 0.6 is 23.2 Å².